The first-order valence-electron chi connectivity index (χ1n) is 12.5. The van der Waals surface area contributed by atoms with Gasteiger partial charge in [0.05, 0.1) is 37.1 Å². The van der Waals surface area contributed by atoms with E-state index < -0.39 is 5.82 Å². The van der Waals surface area contributed by atoms with E-state index in [-0.39, 0.29) is 23.6 Å². The highest BCUT2D eigenvalue weighted by molar-refractivity contribution is 5.97. The van der Waals surface area contributed by atoms with Crippen LogP contribution in [0.2, 0.25) is 0 Å². The second-order valence-electron chi connectivity index (χ2n) is 10.2. The molecule has 35 heavy (non-hydrogen) atoms. The highest BCUT2D eigenvalue weighted by Crippen LogP contribution is 2.44. The lowest BCUT2D eigenvalue weighted by molar-refractivity contribution is -0.0250. The average Bonchev–Trinajstić information content (AvgIpc) is 2.84. The van der Waals surface area contributed by atoms with E-state index >= 15 is 0 Å². The fraction of sp³-hybridized carbons (Fsp3) is 0.577. The monoisotopic (exact) mass is 483 g/mol. The van der Waals surface area contributed by atoms with Crippen molar-refractivity contribution < 1.29 is 18.7 Å². The van der Waals surface area contributed by atoms with Crippen LogP contribution in [0.25, 0.3) is 0 Å². The molecule has 0 bridgehead atoms. The number of hydrogen-bond donors (Lipinski definition) is 0. The largest absolute Gasteiger partial charge is 0.451 e. The van der Waals surface area contributed by atoms with Crippen molar-refractivity contribution in [2.45, 2.75) is 45.7 Å². The number of ether oxygens (including phenoxy) is 2. The summed E-state index contributed by atoms with van der Waals surface area (Å²) >= 11 is 0. The number of benzene rings is 1. The molecule has 3 saturated heterocycles. The number of aromatic nitrogens is 2. The van der Waals surface area contributed by atoms with Crippen molar-refractivity contribution >= 4 is 11.7 Å². The molecule has 3 fully saturated rings. The standard InChI is InChI=1S/C26H34FN5O3/c1-4-30-9-7-26(8-10-30)15-31(16-26)24-23(12-28-17-29-24)35-22-6-5-20(27)11-21(22)25(33)32-18(2)13-34-14-19(32)3/h5-6,11-12,17-19H,4,7-10,13-16H2,1-3H3/t18-,19-/m1/s1. The average molecular weight is 484 g/mol. The minimum absolute atomic E-state index is 0.116. The Morgan fingerprint density at radius 3 is 2.57 bits per heavy atom. The van der Waals surface area contributed by atoms with Crippen molar-refractivity contribution in [2.24, 2.45) is 5.41 Å². The first-order chi connectivity index (χ1) is 16.9. The molecule has 3 aliphatic heterocycles. The van der Waals surface area contributed by atoms with Crippen molar-refractivity contribution in [1.29, 1.82) is 0 Å². The maximum Gasteiger partial charge on any atom is 0.258 e. The number of halogens is 1. The van der Waals surface area contributed by atoms with Gasteiger partial charge in [-0.25, -0.2) is 14.4 Å². The molecule has 2 aromatic rings. The van der Waals surface area contributed by atoms with Crippen LogP contribution in [0.15, 0.2) is 30.7 Å². The summed E-state index contributed by atoms with van der Waals surface area (Å²) < 4.78 is 26.0. The minimum Gasteiger partial charge on any atom is -0.451 e. The fourth-order valence-corrected chi connectivity index (χ4v) is 5.61. The van der Waals surface area contributed by atoms with Gasteiger partial charge in [-0.05, 0) is 64.5 Å². The maximum absolute atomic E-state index is 14.2. The second-order valence-corrected chi connectivity index (χ2v) is 10.2. The SMILES string of the molecule is CCN1CCC2(CC1)CN(c1ncncc1Oc1ccc(F)cc1C(=O)N1[C@H](C)COC[C@H]1C)C2. The van der Waals surface area contributed by atoms with E-state index in [1.807, 2.05) is 13.8 Å². The molecule has 0 radical (unpaired) electrons. The van der Waals surface area contributed by atoms with Gasteiger partial charge in [-0.15, -0.1) is 0 Å². The van der Waals surface area contributed by atoms with Crippen molar-refractivity contribution in [3.63, 3.8) is 0 Å². The fourth-order valence-electron chi connectivity index (χ4n) is 5.61. The highest BCUT2D eigenvalue weighted by atomic mass is 19.1. The highest BCUT2D eigenvalue weighted by Gasteiger charge is 2.46. The molecular formula is C26H34FN5O3. The summed E-state index contributed by atoms with van der Waals surface area (Å²) in [7, 11) is 0. The Balaban J connectivity index is 1.36. The van der Waals surface area contributed by atoms with Crippen molar-refractivity contribution in [1.82, 2.24) is 19.8 Å². The molecule has 0 N–H and O–H groups in total. The minimum atomic E-state index is -0.484. The van der Waals surface area contributed by atoms with Crippen LogP contribution >= 0.6 is 0 Å². The first-order valence-corrected chi connectivity index (χ1v) is 12.5. The molecule has 9 heteroatoms. The molecule has 0 aliphatic carbocycles. The molecule has 8 nitrogen and oxygen atoms in total. The van der Waals surface area contributed by atoms with Gasteiger partial charge in [0.25, 0.3) is 5.91 Å². The molecule has 0 unspecified atom stereocenters. The molecule has 1 aromatic heterocycles. The van der Waals surface area contributed by atoms with Crippen LogP contribution in [-0.2, 0) is 4.74 Å². The van der Waals surface area contributed by atoms with Gasteiger partial charge in [0.15, 0.2) is 11.6 Å². The number of piperidine rings is 1. The topological polar surface area (TPSA) is 71.0 Å². The van der Waals surface area contributed by atoms with Crippen molar-refractivity contribution in [3.05, 3.63) is 42.1 Å². The molecule has 188 valence electrons. The summed E-state index contributed by atoms with van der Waals surface area (Å²) in [5.41, 5.74) is 0.514. The summed E-state index contributed by atoms with van der Waals surface area (Å²) in [4.78, 5) is 28.6. The van der Waals surface area contributed by atoms with Crippen LogP contribution in [0.4, 0.5) is 10.2 Å². The molecule has 1 aromatic carbocycles. The summed E-state index contributed by atoms with van der Waals surface area (Å²) in [6.45, 7) is 12.2. The third-order valence-electron chi connectivity index (χ3n) is 7.67. The van der Waals surface area contributed by atoms with Crippen LogP contribution < -0.4 is 9.64 Å². The third kappa shape index (κ3) is 4.71. The number of carbonyl (C=O) groups excluding carboxylic acids is 1. The van der Waals surface area contributed by atoms with Crippen LogP contribution in [0.1, 0.15) is 44.0 Å². The zero-order valence-corrected chi connectivity index (χ0v) is 20.7. The van der Waals surface area contributed by atoms with Crippen molar-refractivity contribution in [3.8, 4) is 11.5 Å². The predicted octanol–water partition coefficient (Wildman–Crippen LogP) is 3.58. The third-order valence-corrected chi connectivity index (χ3v) is 7.67. The number of morpholine rings is 1. The van der Waals surface area contributed by atoms with Gasteiger partial charge < -0.3 is 24.2 Å². The van der Waals surface area contributed by atoms with Gasteiger partial charge in [0, 0.05) is 18.5 Å². The number of likely N-dealkylation sites (tertiary alicyclic amines) is 1. The van der Waals surface area contributed by atoms with E-state index in [0.717, 1.165) is 32.7 Å². The molecule has 1 spiro atoms. The van der Waals surface area contributed by atoms with Gasteiger partial charge in [-0.1, -0.05) is 6.92 Å². The Labute approximate surface area is 206 Å². The number of hydrogen-bond acceptors (Lipinski definition) is 7. The molecule has 5 rings (SSSR count). The van der Waals surface area contributed by atoms with Crippen LogP contribution in [0.3, 0.4) is 0 Å². The lowest BCUT2D eigenvalue weighted by Crippen LogP contribution is -2.60. The van der Waals surface area contributed by atoms with E-state index in [9.17, 15) is 9.18 Å². The van der Waals surface area contributed by atoms with Gasteiger partial charge in [0.1, 0.15) is 17.9 Å². The number of anilines is 1. The molecule has 2 atom stereocenters. The lowest BCUT2D eigenvalue weighted by Gasteiger charge is -2.54. The van der Waals surface area contributed by atoms with E-state index in [1.54, 1.807) is 11.1 Å². The Bertz CT molecular complexity index is 1060. The van der Waals surface area contributed by atoms with E-state index in [4.69, 9.17) is 9.47 Å². The number of rotatable bonds is 5. The van der Waals surface area contributed by atoms with E-state index in [1.165, 1.54) is 37.4 Å². The number of amides is 1. The normalized spacial score (nSPS) is 24.3. The Morgan fingerprint density at radius 2 is 1.89 bits per heavy atom. The second kappa shape index (κ2) is 9.70. The zero-order chi connectivity index (χ0) is 24.6. The van der Waals surface area contributed by atoms with E-state index in [0.29, 0.717) is 35.9 Å². The van der Waals surface area contributed by atoms with Crippen molar-refractivity contribution in [2.75, 3.05) is 50.8 Å². The van der Waals surface area contributed by atoms with Gasteiger partial charge in [0.2, 0.25) is 0 Å². The van der Waals surface area contributed by atoms with Crippen LogP contribution in [-0.4, -0.2) is 83.7 Å². The smallest absolute Gasteiger partial charge is 0.258 e. The summed E-state index contributed by atoms with van der Waals surface area (Å²) in [6, 6.07) is 3.83. The van der Waals surface area contributed by atoms with Gasteiger partial charge in [-0.3, -0.25) is 4.79 Å². The number of nitrogens with zero attached hydrogens (tertiary/aromatic N) is 5. The molecule has 0 saturated carbocycles. The number of carbonyl (C=O) groups is 1. The first kappa shape index (κ1) is 23.9. The molecule has 3 aliphatic rings. The van der Waals surface area contributed by atoms with Gasteiger partial charge in [-0.2, -0.15) is 0 Å². The molecule has 4 heterocycles. The lowest BCUT2D eigenvalue weighted by atomic mass is 9.72. The van der Waals surface area contributed by atoms with Crippen LogP contribution in [0.5, 0.6) is 11.5 Å². The Kier molecular flexibility index (Phi) is 6.63. The van der Waals surface area contributed by atoms with E-state index in [2.05, 4.69) is 26.7 Å². The Hall–Kier alpha value is -2.78. The van der Waals surface area contributed by atoms with Crippen LogP contribution in [0, 0.1) is 11.2 Å². The zero-order valence-electron chi connectivity index (χ0n) is 20.7. The molecular weight excluding hydrogens is 449 g/mol. The summed E-state index contributed by atoms with van der Waals surface area (Å²) in [5, 5.41) is 0. The quantitative estimate of drug-likeness (QED) is 0.644. The Morgan fingerprint density at radius 1 is 1.17 bits per heavy atom. The maximum atomic E-state index is 14.2. The summed E-state index contributed by atoms with van der Waals surface area (Å²) in [6.07, 6.45) is 5.50. The predicted molar refractivity (Wildman–Crippen MR) is 130 cm³/mol. The summed E-state index contributed by atoms with van der Waals surface area (Å²) in [5.74, 6) is 0.718. The van der Waals surface area contributed by atoms with Gasteiger partial charge >= 0.3 is 0 Å². The molecule has 1 amide bonds.